The summed E-state index contributed by atoms with van der Waals surface area (Å²) in [6, 6.07) is 6.96. The molecule has 0 aliphatic rings. The molecular formula is C15H26ClN5. The van der Waals surface area contributed by atoms with E-state index in [1.54, 1.807) is 4.52 Å². The van der Waals surface area contributed by atoms with Gasteiger partial charge in [0.15, 0.2) is 5.82 Å². The molecule has 0 amide bonds. The lowest BCUT2D eigenvalue weighted by atomic mass is 10.2. The molecule has 0 aromatic carbocycles. The highest BCUT2D eigenvalue weighted by molar-refractivity contribution is 5.85. The van der Waals surface area contributed by atoms with E-state index in [1.807, 2.05) is 24.4 Å². The van der Waals surface area contributed by atoms with E-state index in [1.165, 1.54) is 0 Å². The van der Waals surface area contributed by atoms with Crippen LogP contribution in [0.25, 0.3) is 5.52 Å². The maximum atomic E-state index is 6.12. The van der Waals surface area contributed by atoms with E-state index in [4.69, 9.17) is 5.73 Å². The van der Waals surface area contributed by atoms with Crippen LogP contribution in [0.2, 0.25) is 0 Å². The number of rotatable bonds is 6. The van der Waals surface area contributed by atoms with Gasteiger partial charge in [-0.15, -0.1) is 17.5 Å². The molecule has 0 unspecified atom stereocenters. The van der Waals surface area contributed by atoms with Gasteiger partial charge in [-0.1, -0.05) is 6.07 Å². The molecule has 0 spiro atoms. The lowest BCUT2D eigenvalue weighted by Gasteiger charge is -2.30. The summed E-state index contributed by atoms with van der Waals surface area (Å²) in [5, 5.41) is 7.80. The molecule has 118 valence electrons. The maximum absolute atomic E-state index is 6.12. The first-order chi connectivity index (χ1) is 9.50. The van der Waals surface area contributed by atoms with Crippen LogP contribution in [0, 0.1) is 0 Å². The monoisotopic (exact) mass is 311 g/mol. The molecule has 0 fully saturated rings. The normalized spacial score (nSPS) is 11.4. The summed E-state index contributed by atoms with van der Waals surface area (Å²) < 4.78 is 1.81. The van der Waals surface area contributed by atoms with Crippen LogP contribution in [0.5, 0.6) is 0 Å². The van der Waals surface area contributed by atoms with E-state index < -0.39 is 0 Å². The number of hydrogen-bond acceptors (Lipinski definition) is 4. The van der Waals surface area contributed by atoms with Crippen molar-refractivity contribution < 1.29 is 0 Å². The summed E-state index contributed by atoms with van der Waals surface area (Å²) in [5.41, 5.74) is 7.77. The minimum atomic E-state index is 0. The van der Waals surface area contributed by atoms with Gasteiger partial charge in [0.2, 0.25) is 0 Å². The van der Waals surface area contributed by atoms with Crippen molar-refractivity contribution in [3.05, 3.63) is 24.4 Å². The Morgan fingerprint density at radius 3 is 2.48 bits per heavy atom. The van der Waals surface area contributed by atoms with Crippen LogP contribution in [0.1, 0.15) is 27.7 Å². The van der Waals surface area contributed by atoms with Gasteiger partial charge < -0.3 is 11.1 Å². The molecule has 0 saturated carbocycles. The second kappa shape index (κ2) is 7.52. The molecule has 6 heteroatoms. The highest BCUT2D eigenvalue weighted by Crippen LogP contribution is 2.22. The maximum Gasteiger partial charge on any atom is 0.172 e. The first-order valence-corrected chi connectivity index (χ1v) is 7.23. The highest BCUT2D eigenvalue weighted by atomic mass is 35.5. The lowest BCUT2D eigenvalue weighted by molar-refractivity contribution is 0.182. The zero-order valence-corrected chi connectivity index (χ0v) is 14.0. The van der Waals surface area contributed by atoms with Crippen molar-refractivity contribution >= 4 is 29.4 Å². The number of aromatic nitrogens is 2. The molecule has 2 aromatic rings. The molecule has 21 heavy (non-hydrogen) atoms. The molecule has 0 atom stereocenters. The average molecular weight is 312 g/mol. The van der Waals surface area contributed by atoms with E-state index in [0.717, 1.165) is 24.4 Å². The van der Waals surface area contributed by atoms with Gasteiger partial charge in [-0.2, -0.15) is 0 Å². The Morgan fingerprint density at radius 1 is 1.24 bits per heavy atom. The number of nitrogen functional groups attached to an aromatic ring is 1. The molecule has 2 aromatic heterocycles. The Balaban J connectivity index is 0.00000220. The van der Waals surface area contributed by atoms with Crippen LogP contribution in [-0.4, -0.2) is 39.7 Å². The van der Waals surface area contributed by atoms with E-state index in [-0.39, 0.29) is 12.4 Å². The van der Waals surface area contributed by atoms with Gasteiger partial charge in [-0.05, 0) is 39.8 Å². The molecule has 2 heterocycles. The Hall–Kier alpha value is -1.46. The molecule has 0 aliphatic heterocycles. The van der Waals surface area contributed by atoms with Gasteiger partial charge >= 0.3 is 0 Å². The van der Waals surface area contributed by atoms with Gasteiger partial charge in [-0.3, -0.25) is 4.90 Å². The molecule has 2 rings (SSSR count). The van der Waals surface area contributed by atoms with Gasteiger partial charge in [0, 0.05) is 31.4 Å². The zero-order valence-electron chi connectivity index (χ0n) is 13.2. The first kappa shape index (κ1) is 17.6. The second-order valence-electron chi connectivity index (χ2n) is 5.64. The van der Waals surface area contributed by atoms with Crippen molar-refractivity contribution in [1.29, 1.82) is 0 Å². The predicted molar refractivity (Wildman–Crippen MR) is 92.3 cm³/mol. The van der Waals surface area contributed by atoms with E-state index in [0.29, 0.717) is 17.8 Å². The average Bonchev–Trinajstić information content (AvgIpc) is 2.71. The topological polar surface area (TPSA) is 58.6 Å². The Labute approximate surface area is 132 Å². The molecule has 3 N–H and O–H groups in total. The van der Waals surface area contributed by atoms with Crippen LogP contribution in [0.15, 0.2) is 24.4 Å². The van der Waals surface area contributed by atoms with Crippen LogP contribution in [-0.2, 0) is 0 Å². The fourth-order valence-electron chi connectivity index (χ4n) is 2.56. The number of hydrogen-bond donors (Lipinski definition) is 2. The standard InChI is InChI=1S/C15H25N5.ClH/c1-11(2)19(12(3)4)10-8-17-15-14(16)13-7-5-6-9-20(13)18-15;/h5-7,9,11-12H,8,10,16H2,1-4H3,(H,17,18);1H. The Morgan fingerprint density at radius 2 is 1.90 bits per heavy atom. The van der Waals surface area contributed by atoms with Gasteiger partial charge in [0.05, 0.1) is 5.52 Å². The molecule has 5 nitrogen and oxygen atoms in total. The van der Waals surface area contributed by atoms with Crippen LogP contribution in [0.3, 0.4) is 0 Å². The number of fused-ring (bicyclic) bond motifs is 1. The van der Waals surface area contributed by atoms with Crippen molar-refractivity contribution in [2.75, 3.05) is 24.1 Å². The van der Waals surface area contributed by atoms with Gasteiger partial charge in [-0.25, -0.2) is 4.52 Å². The number of nitrogens with two attached hydrogens (primary N) is 1. The van der Waals surface area contributed by atoms with E-state index >= 15 is 0 Å². The zero-order chi connectivity index (χ0) is 14.7. The van der Waals surface area contributed by atoms with E-state index in [9.17, 15) is 0 Å². The molecule has 0 aliphatic carbocycles. The van der Waals surface area contributed by atoms with Crippen molar-refractivity contribution in [2.45, 2.75) is 39.8 Å². The SMILES string of the molecule is CC(C)N(CCNc1nn2ccccc2c1N)C(C)C.Cl. The fourth-order valence-corrected chi connectivity index (χ4v) is 2.56. The predicted octanol–water partition coefficient (Wildman–Crippen LogP) is 2.87. The van der Waals surface area contributed by atoms with Crippen LogP contribution in [0.4, 0.5) is 11.5 Å². The van der Waals surface area contributed by atoms with Crippen molar-refractivity contribution in [1.82, 2.24) is 14.5 Å². The smallest absolute Gasteiger partial charge is 0.172 e. The van der Waals surface area contributed by atoms with Gasteiger partial charge in [0.1, 0.15) is 5.69 Å². The number of pyridine rings is 1. The summed E-state index contributed by atoms with van der Waals surface area (Å²) in [5.74, 6) is 0.767. The van der Waals surface area contributed by atoms with Crippen molar-refractivity contribution in [3.63, 3.8) is 0 Å². The summed E-state index contributed by atoms with van der Waals surface area (Å²) in [4.78, 5) is 2.44. The third-order valence-corrected chi connectivity index (χ3v) is 3.57. The van der Waals surface area contributed by atoms with Crippen molar-refractivity contribution in [2.24, 2.45) is 0 Å². The van der Waals surface area contributed by atoms with Crippen LogP contribution >= 0.6 is 12.4 Å². The third kappa shape index (κ3) is 4.02. The minimum Gasteiger partial charge on any atom is -0.394 e. The summed E-state index contributed by atoms with van der Waals surface area (Å²) >= 11 is 0. The largest absolute Gasteiger partial charge is 0.394 e. The second-order valence-corrected chi connectivity index (χ2v) is 5.64. The minimum absolute atomic E-state index is 0. The quantitative estimate of drug-likeness (QED) is 0.861. The molecule has 0 saturated heterocycles. The van der Waals surface area contributed by atoms with E-state index in [2.05, 4.69) is 43.0 Å². The van der Waals surface area contributed by atoms with Crippen LogP contribution < -0.4 is 11.1 Å². The fraction of sp³-hybridized carbons (Fsp3) is 0.533. The number of nitrogens with zero attached hydrogens (tertiary/aromatic N) is 3. The lowest BCUT2D eigenvalue weighted by Crippen LogP contribution is -2.40. The molecule has 0 radical (unpaired) electrons. The third-order valence-electron chi connectivity index (χ3n) is 3.57. The summed E-state index contributed by atoms with van der Waals surface area (Å²) in [6.07, 6.45) is 1.91. The highest BCUT2D eigenvalue weighted by Gasteiger charge is 2.13. The first-order valence-electron chi connectivity index (χ1n) is 7.23. The summed E-state index contributed by atoms with van der Waals surface area (Å²) in [7, 11) is 0. The Kier molecular flexibility index (Phi) is 6.30. The molecular weight excluding hydrogens is 286 g/mol. The van der Waals surface area contributed by atoms with Gasteiger partial charge in [0.25, 0.3) is 0 Å². The number of anilines is 2. The van der Waals surface area contributed by atoms with Crippen molar-refractivity contribution in [3.8, 4) is 0 Å². The number of halogens is 1. The number of nitrogens with one attached hydrogen (secondary N) is 1. The summed E-state index contributed by atoms with van der Waals surface area (Å²) in [6.45, 7) is 10.7. The molecule has 0 bridgehead atoms. The Bertz CT molecular complexity index is 556.